The van der Waals surface area contributed by atoms with Crippen LogP contribution in [0.2, 0.25) is 0 Å². The van der Waals surface area contributed by atoms with E-state index in [2.05, 4.69) is 25.9 Å². The first-order valence-electron chi connectivity index (χ1n) is 7.60. The molecule has 0 aliphatic carbocycles. The van der Waals surface area contributed by atoms with E-state index in [1.54, 1.807) is 0 Å². The Hall–Kier alpha value is -3.36. The third-order valence-corrected chi connectivity index (χ3v) is 3.12. The van der Waals surface area contributed by atoms with Gasteiger partial charge in [-0.3, -0.25) is 14.4 Å². The minimum absolute atomic E-state index is 0.00445. The summed E-state index contributed by atoms with van der Waals surface area (Å²) in [6.07, 6.45) is 1.23. The first-order valence-corrected chi connectivity index (χ1v) is 7.60. The molecule has 9 nitrogen and oxygen atoms in total. The molecule has 0 spiro atoms. The predicted octanol–water partition coefficient (Wildman–Crippen LogP) is -0.306. The summed E-state index contributed by atoms with van der Waals surface area (Å²) in [6, 6.07) is 9.23. The number of carbonyl (C=O) groups excluding carboxylic acids is 3. The summed E-state index contributed by atoms with van der Waals surface area (Å²) >= 11 is 0. The maximum atomic E-state index is 11.9. The van der Waals surface area contributed by atoms with Crippen LogP contribution in [0.25, 0.3) is 0 Å². The number of benzene rings is 1. The number of aromatic amines is 1. The normalized spacial score (nSPS) is 9.96. The van der Waals surface area contributed by atoms with Crippen LogP contribution in [-0.4, -0.2) is 54.4 Å². The molecule has 0 unspecified atom stereocenters. The Labute approximate surface area is 144 Å². The summed E-state index contributed by atoms with van der Waals surface area (Å²) in [5, 5.41) is 7.41. The second-order valence-electron chi connectivity index (χ2n) is 4.92. The van der Waals surface area contributed by atoms with Gasteiger partial charge in [0.25, 0.3) is 11.8 Å². The van der Waals surface area contributed by atoms with Gasteiger partial charge in [-0.25, -0.2) is 4.98 Å². The Bertz CT molecular complexity index is 729. The maximum Gasteiger partial charge on any atom is 0.287 e. The van der Waals surface area contributed by atoms with Crippen molar-refractivity contribution < 1.29 is 19.1 Å². The Morgan fingerprint density at radius 1 is 1.12 bits per heavy atom. The van der Waals surface area contributed by atoms with Gasteiger partial charge in [0.1, 0.15) is 18.1 Å². The Morgan fingerprint density at radius 2 is 1.88 bits per heavy atom. The Balaban J connectivity index is 1.75. The predicted molar refractivity (Wildman–Crippen MR) is 89.3 cm³/mol. The number of hydrogen-bond acceptors (Lipinski definition) is 5. The van der Waals surface area contributed by atoms with Crippen LogP contribution in [0.4, 0.5) is 0 Å². The van der Waals surface area contributed by atoms with Crippen molar-refractivity contribution in [3.8, 4) is 5.75 Å². The maximum absolute atomic E-state index is 11.9. The number of aromatic nitrogens is 2. The number of ether oxygens (including phenoxy) is 1. The van der Waals surface area contributed by atoms with Crippen LogP contribution in [0, 0.1) is 0 Å². The molecule has 0 atom stereocenters. The van der Waals surface area contributed by atoms with Crippen molar-refractivity contribution in [2.24, 2.45) is 0 Å². The number of amides is 3. The van der Waals surface area contributed by atoms with Crippen LogP contribution in [0.5, 0.6) is 5.75 Å². The van der Waals surface area contributed by atoms with Gasteiger partial charge in [-0.2, -0.15) is 0 Å². The summed E-state index contributed by atoms with van der Waals surface area (Å²) < 4.78 is 5.45. The number of nitrogens with zero attached hydrogens (tertiary/aromatic N) is 1. The lowest BCUT2D eigenvalue weighted by Crippen LogP contribution is -2.35. The van der Waals surface area contributed by atoms with Crippen LogP contribution in [0.3, 0.4) is 0 Å². The second-order valence-corrected chi connectivity index (χ2v) is 4.92. The van der Waals surface area contributed by atoms with E-state index in [0.717, 1.165) is 0 Å². The van der Waals surface area contributed by atoms with Gasteiger partial charge in [-0.15, -0.1) is 0 Å². The molecule has 2 rings (SSSR count). The van der Waals surface area contributed by atoms with Gasteiger partial charge < -0.3 is 25.7 Å². The number of rotatable bonds is 8. The van der Waals surface area contributed by atoms with E-state index in [1.807, 2.05) is 30.3 Å². The average molecular weight is 345 g/mol. The molecule has 25 heavy (non-hydrogen) atoms. The minimum atomic E-state index is -0.525. The summed E-state index contributed by atoms with van der Waals surface area (Å²) in [4.78, 5) is 41.3. The van der Waals surface area contributed by atoms with E-state index in [4.69, 9.17) is 4.74 Å². The zero-order valence-corrected chi connectivity index (χ0v) is 13.7. The highest BCUT2D eigenvalue weighted by molar-refractivity contribution is 5.97. The van der Waals surface area contributed by atoms with Gasteiger partial charge in [-0.05, 0) is 12.1 Å². The molecule has 0 saturated heterocycles. The second kappa shape index (κ2) is 9.06. The smallest absolute Gasteiger partial charge is 0.287 e. The fourth-order valence-electron chi connectivity index (χ4n) is 1.83. The number of likely N-dealkylation sites (N-methyl/N-ethyl adjacent to an activating group) is 1. The summed E-state index contributed by atoms with van der Waals surface area (Å²) in [5.74, 6) is -0.594. The van der Waals surface area contributed by atoms with E-state index in [1.165, 1.54) is 13.2 Å². The summed E-state index contributed by atoms with van der Waals surface area (Å²) in [5.41, 5.74) is 0.0922. The molecular weight excluding hydrogens is 326 g/mol. The van der Waals surface area contributed by atoms with Crippen LogP contribution in [0.1, 0.15) is 21.1 Å². The van der Waals surface area contributed by atoms with Gasteiger partial charge >= 0.3 is 0 Å². The van der Waals surface area contributed by atoms with Crippen molar-refractivity contribution in [1.29, 1.82) is 0 Å². The molecule has 0 saturated carbocycles. The van der Waals surface area contributed by atoms with Crippen LogP contribution >= 0.6 is 0 Å². The summed E-state index contributed by atoms with van der Waals surface area (Å²) in [7, 11) is 1.47. The highest BCUT2D eigenvalue weighted by atomic mass is 16.5. The molecule has 1 aromatic carbocycles. The number of imidazole rings is 1. The molecule has 2 aromatic rings. The first-order chi connectivity index (χ1) is 12.1. The number of hydrogen-bond donors (Lipinski definition) is 4. The number of carbonyl (C=O) groups is 3. The van der Waals surface area contributed by atoms with Crippen molar-refractivity contribution in [1.82, 2.24) is 25.9 Å². The molecule has 4 N–H and O–H groups in total. The zero-order chi connectivity index (χ0) is 18.1. The van der Waals surface area contributed by atoms with Gasteiger partial charge in [0, 0.05) is 7.05 Å². The monoisotopic (exact) mass is 345 g/mol. The molecular formula is C16H19N5O4. The van der Waals surface area contributed by atoms with E-state index in [-0.39, 0.29) is 30.5 Å². The summed E-state index contributed by atoms with van der Waals surface area (Å²) in [6.45, 7) is 0.426. The van der Waals surface area contributed by atoms with E-state index in [9.17, 15) is 14.4 Å². The van der Waals surface area contributed by atoms with Crippen molar-refractivity contribution >= 4 is 17.7 Å². The lowest BCUT2D eigenvalue weighted by Gasteiger charge is -2.06. The quantitative estimate of drug-likeness (QED) is 0.489. The Kier molecular flexibility index (Phi) is 6.52. The standard InChI is InChI=1S/C16H19N5O4/c1-17-13(22)10-20-15(23)12-9-19-14(21-12)16(24)18-7-8-25-11-5-3-2-4-6-11/h2-6,9H,7-8,10H2,1H3,(H,17,22)(H,18,24)(H,19,21)(H,20,23). The molecule has 0 fully saturated rings. The van der Waals surface area contributed by atoms with Crippen LogP contribution < -0.4 is 20.7 Å². The SMILES string of the molecule is CNC(=O)CNC(=O)c1cnc(C(=O)NCCOc2ccccc2)[nH]1. The van der Waals surface area contributed by atoms with Crippen LogP contribution in [-0.2, 0) is 4.79 Å². The van der Waals surface area contributed by atoms with Crippen molar-refractivity contribution in [3.05, 3.63) is 48.0 Å². The highest BCUT2D eigenvalue weighted by Gasteiger charge is 2.14. The van der Waals surface area contributed by atoms with Crippen LogP contribution in [0.15, 0.2) is 36.5 Å². The molecule has 0 aliphatic heterocycles. The fourth-order valence-corrected chi connectivity index (χ4v) is 1.83. The molecule has 9 heteroatoms. The third kappa shape index (κ3) is 5.65. The topological polar surface area (TPSA) is 125 Å². The number of nitrogens with one attached hydrogen (secondary N) is 4. The largest absolute Gasteiger partial charge is 0.492 e. The lowest BCUT2D eigenvalue weighted by atomic mass is 10.3. The number of para-hydroxylation sites is 1. The van der Waals surface area contributed by atoms with E-state index < -0.39 is 11.8 Å². The van der Waals surface area contributed by atoms with Crippen molar-refractivity contribution in [2.45, 2.75) is 0 Å². The molecule has 1 heterocycles. The van der Waals surface area contributed by atoms with Gasteiger partial charge in [-0.1, -0.05) is 18.2 Å². The number of H-pyrrole nitrogens is 1. The molecule has 0 radical (unpaired) electrons. The average Bonchev–Trinajstić information content (AvgIpc) is 3.14. The molecule has 3 amide bonds. The zero-order valence-electron chi connectivity index (χ0n) is 13.7. The first kappa shape index (κ1) is 18.0. The van der Waals surface area contributed by atoms with Gasteiger partial charge in [0.05, 0.1) is 19.3 Å². The van der Waals surface area contributed by atoms with Crippen molar-refractivity contribution in [2.75, 3.05) is 26.7 Å². The van der Waals surface area contributed by atoms with E-state index >= 15 is 0 Å². The third-order valence-electron chi connectivity index (χ3n) is 3.12. The van der Waals surface area contributed by atoms with Crippen molar-refractivity contribution in [3.63, 3.8) is 0 Å². The minimum Gasteiger partial charge on any atom is -0.492 e. The van der Waals surface area contributed by atoms with Gasteiger partial charge in [0.2, 0.25) is 5.91 Å². The molecule has 0 bridgehead atoms. The highest BCUT2D eigenvalue weighted by Crippen LogP contribution is 2.07. The van der Waals surface area contributed by atoms with E-state index in [0.29, 0.717) is 12.4 Å². The molecule has 1 aromatic heterocycles. The molecule has 132 valence electrons. The fraction of sp³-hybridized carbons (Fsp3) is 0.250. The lowest BCUT2D eigenvalue weighted by molar-refractivity contribution is -0.119. The molecule has 0 aliphatic rings. The van der Waals surface area contributed by atoms with Gasteiger partial charge in [0.15, 0.2) is 5.82 Å². The Morgan fingerprint density at radius 3 is 2.60 bits per heavy atom.